The van der Waals surface area contributed by atoms with Crippen LogP contribution in [0.2, 0.25) is 0 Å². The van der Waals surface area contributed by atoms with E-state index in [1.165, 1.54) is 0 Å². The van der Waals surface area contributed by atoms with Crippen molar-refractivity contribution in [2.24, 2.45) is 5.14 Å². The minimum atomic E-state index is -4.00. The summed E-state index contributed by atoms with van der Waals surface area (Å²) >= 11 is 1.14. The Hall–Kier alpha value is -3.28. The predicted molar refractivity (Wildman–Crippen MR) is 140 cm³/mol. The van der Waals surface area contributed by atoms with Gasteiger partial charge in [-0.1, -0.05) is 18.2 Å². The van der Waals surface area contributed by atoms with Gasteiger partial charge >= 0.3 is 0 Å². The normalized spacial score (nSPS) is 13.0. The number of benzene rings is 2. The Morgan fingerprint density at radius 2 is 1.89 bits per heavy atom. The van der Waals surface area contributed by atoms with Crippen molar-refractivity contribution in [2.75, 3.05) is 26.5 Å². The predicted octanol–water partition coefficient (Wildman–Crippen LogP) is 1.15. The minimum absolute atomic E-state index is 0.155. The van der Waals surface area contributed by atoms with Gasteiger partial charge in [0.15, 0.2) is 15.1 Å². The Morgan fingerprint density at radius 3 is 2.61 bits per heavy atom. The molecule has 1 unspecified atom stereocenters. The first-order valence-electron chi connectivity index (χ1n) is 11.0. The molecule has 202 valence electrons. The van der Waals surface area contributed by atoms with Crippen LogP contribution < -0.4 is 15.2 Å². The fourth-order valence-electron chi connectivity index (χ4n) is 3.52. The SMILES string of the molecule is COCCNC(=O)c1cccc(-c2ccc3nc(C(c4nnc(CNS(N)(=O)=O)o4)S(C)(=O)=O)sc3c2)c1. The number of sulfone groups is 1. The van der Waals surface area contributed by atoms with E-state index in [2.05, 4.69) is 20.5 Å². The molecular formula is C22H24N6O7S3. The van der Waals surface area contributed by atoms with Crippen molar-refractivity contribution in [3.8, 4) is 11.1 Å². The number of hydrogen-bond donors (Lipinski definition) is 3. The molecule has 4 aromatic rings. The molecule has 1 amide bonds. The maximum Gasteiger partial charge on any atom is 0.274 e. The van der Waals surface area contributed by atoms with Crippen LogP contribution in [0, 0.1) is 0 Å². The van der Waals surface area contributed by atoms with Gasteiger partial charge < -0.3 is 14.5 Å². The Balaban J connectivity index is 1.63. The highest BCUT2D eigenvalue weighted by Gasteiger charge is 2.34. The molecule has 0 aliphatic heterocycles. The van der Waals surface area contributed by atoms with Gasteiger partial charge in [0.25, 0.3) is 16.1 Å². The zero-order valence-electron chi connectivity index (χ0n) is 20.2. The highest BCUT2D eigenvalue weighted by atomic mass is 32.2. The van der Waals surface area contributed by atoms with Crippen LogP contribution in [-0.2, 0) is 31.3 Å². The number of fused-ring (bicyclic) bond motifs is 1. The second-order valence-electron chi connectivity index (χ2n) is 8.17. The van der Waals surface area contributed by atoms with E-state index in [-0.39, 0.29) is 22.7 Å². The summed E-state index contributed by atoms with van der Waals surface area (Å²) in [4.78, 5) is 16.9. The molecule has 0 saturated carbocycles. The molecule has 0 saturated heterocycles. The number of aromatic nitrogens is 3. The molecule has 1 atom stereocenters. The third-order valence-corrected chi connectivity index (χ3v) is 8.30. The molecule has 2 heterocycles. The van der Waals surface area contributed by atoms with Crippen molar-refractivity contribution in [3.05, 3.63) is 64.8 Å². The molecule has 0 fully saturated rings. The molecule has 4 rings (SSSR count). The number of thiazole rings is 1. The van der Waals surface area contributed by atoms with Gasteiger partial charge in [-0.2, -0.15) is 13.1 Å². The smallest absolute Gasteiger partial charge is 0.274 e. The number of amides is 1. The largest absolute Gasteiger partial charge is 0.422 e. The standard InChI is InChI=1S/C22H24N6O7S3/c1-34-9-8-24-20(29)15-5-3-4-13(10-15)14-6-7-16-17(11-14)36-22(26-16)19(37(2,30)31)21-28-27-18(35-21)12-25-38(23,32)33/h3-7,10-11,19,25H,8-9,12H2,1-2H3,(H,24,29)(H2,23,32,33). The molecule has 2 aromatic carbocycles. The molecule has 0 bridgehead atoms. The van der Waals surface area contributed by atoms with Gasteiger partial charge in [0, 0.05) is 25.5 Å². The number of carbonyl (C=O) groups is 1. The average Bonchev–Trinajstić information content (AvgIpc) is 3.48. The van der Waals surface area contributed by atoms with Gasteiger partial charge in [0.1, 0.15) is 5.01 Å². The molecule has 38 heavy (non-hydrogen) atoms. The second kappa shape index (κ2) is 11.2. The Labute approximate surface area is 222 Å². The van der Waals surface area contributed by atoms with Crippen LogP contribution in [-0.4, -0.2) is 64.4 Å². The summed E-state index contributed by atoms with van der Waals surface area (Å²) in [6, 6.07) is 12.6. The van der Waals surface area contributed by atoms with Crippen LogP contribution in [0.4, 0.5) is 0 Å². The monoisotopic (exact) mass is 580 g/mol. The number of nitrogens with one attached hydrogen (secondary N) is 2. The number of nitrogens with zero attached hydrogens (tertiary/aromatic N) is 3. The molecule has 2 aromatic heterocycles. The third-order valence-electron chi connectivity index (χ3n) is 5.24. The highest BCUT2D eigenvalue weighted by molar-refractivity contribution is 7.91. The van der Waals surface area contributed by atoms with Gasteiger partial charge in [0.2, 0.25) is 11.8 Å². The molecule has 0 aliphatic rings. The van der Waals surface area contributed by atoms with Crippen LogP contribution in [0.5, 0.6) is 0 Å². The summed E-state index contributed by atoms with van der Waals surface area (Å²) in [6.45, 7) is 0.400. The maximum absolute atomic E-state index is 12.7. The lowest BCUT2D eigenvalue weighted by Crippen LogP contribution is -2.30. The highest BCUT2D eigenvalue weighted by Crippen LogP contribution is 2.36. The Bertz CT molecular complexity index is 1680. The van der Waals surface area contributed by atoms with Crippen LogP contribution in [0.15, 0.2) is 46.9 Å². The van der Waals surface area contributed by atoms with E-state index in [1.807, 2.05) is 22.9 Å². The van der Waals surface area contributed by atoms with Crippen LogP contribution in [0.3, 0.4) is 0 Å². The Morgan fingerprint density at radius 1 is 1.13 bits per heavy atom. The zero-order valence-corrected chi connectivity index (χ0v) is 22.7. The number of methoxy groups -OCH3 is 1. The van der Waals surface area contributed by atoms with Crippen molar-refractivity contribution < 1.29 is 30.8 Å². The third kappa shape index (κ3) is 6.77. The van der Waals surface area contributed by atoms with Crippen LogP contribution >= 0.6 is 11.3 Å². The summed E-state index contributed by atoms with van der Waals surface area (Å²) in [5.41, 5.74) is 2.66. The fourth-order valence-corrected chi connectivity index (χ4v) is 6.38. The van der Waals surface area contributed by atoms with Gasteiger partial charge in [-0.3, -0.25) is 4.79 Å². The summed E-state index contributed by atoms with van der Waals surface area (Å²) in [6.07, 6.45) is 1.02. The van der Waals surface area contributed by atoms with Crippen molar-refractivity contribution >= 4 is 47.5 Å². The van der Waals surface area contributed by atoms with E-state index in [1.54, 1.807) is 31.4 Å². The summed E-state index contributed by atoms with van der Waals surface area (Å²) in [5.74, 6) is -0.623. The molecule has 0 radical (unpaired) electrons. The van der Waals surface area contributed by atoms with Crippen molar-refractivity contribution in [1.82, 2.24) is 25.2 Å². The van der Waals surface area contributed by atoms with Crippen molar-refractivity contribution in [1.29, 1.82) is 0 Å². The molecule has 0 aliphatic carbocycles. The maximum atomic E-state index is 12.7. The molecule has 4 N–H and O–H groups in total. The second-order valence-corrected chi connectivity index (χ2v) is 12.7. The quantitative estimate of drug-likeness (QED) is 0.216. The van der Waals surface area contributed by atoms with Gasteiger partial charge in [0.05, 0.1) is 23.4 Å². The molecule has 0 spiro atoms. The van der Waals surface area contributed by atoms with E-state index in [0.717, 1.165) is 28.7 Å². The van der Waals surface area contributed by atoms with E-state index >= 15 is 0 Å². The van der Waals surface area contributed by atoms with Crippen LogP contribution in [0.1, 0.15) is 32.4 Å². The summed E-state index contributed by atoms with van der Waals surface area (Å²) in [7, 11) is -6.25. The van der Waals surface area contributed by atoms with Crippen LogP contribution in [0.25, 0.3) is 21.3 Å². The van der Waals surface area contributed by atoms with E-state index in [9.17, 15) is 21.6 Å². The van der Waals surface area contributed by atoms with Crippen molar-refractivity contribution in [3.63, 3.8) is 0 Å². The summed E-state index contributed by atoms with van der Waals surface area (Å²) < 4.78 is 60.7. The fraction of sp³-hybridized carbons (Fsp3) is 0.273. The van der Waals surface area contributed by atoms with E-state index in [0.29, 0.717) is 28.9 Å². The van der Waals surface area contributed by atoms with Crippen molar-refractivity contribution in [2.45, 2.75) is 11.8 Å². The number of hydrogen-bond acceptors (Lipinski definition) is 11. The van der Waals surface area contributed by atoms with Gasteiger partial charge in [-0.25, -0.2) is 18.5 Å². The number of carbonyl (C=O) groups excluding carboxylic acids is 1. The number of nitrogens with two attached hydrogens (primary N) is 1. The molecule has 13 nitrogen and oxygen atoms in total. The first kappa shape index (κ1) is 27.7. The minimum Gasteiger partial charge on any atom is -0.422 e. The molecular weight excluding hydrogens is 556 g/mol. The zero-order chi connectivity index (χ0) is 27.5. The number of ether oxygens (including phenoxy) is 1. The summed E-state index contributed by atoms with van der Waals surface area (Å²) in [5, 5.41) is 14.0. The first-order chi connectivity index (χ1) is 17.9. The lowest BCUT2D eigenvalue weighted by atomic mass is 10.0. The topological polar surface area (TPSA) is 196 Å². The lowest BCUT2D eigenvalue weighted by Gasteiger charge is -2.07. The lowest BCUT2D eigenvalue weighted by molar-refractivity contribution is 0.0937. The van der Waals surface area contributed by atoms with Gasteiger partial charge in [-0.15, -0.1) is 21.5 Å². The average molecular weight is 581 g/mol. The van der Waals surface area contributed by atoms with E-state index < -0.39 is 31.8 Å². The number of rotatable bonds is 11. The van der Waals surface area contributed by atoms with E-state index in [4.69, 9.17) is 14.3 Å². The van der Waals surface area contributed by atoms with Gasteiger partial charge in [-0.05, 0) is 35.4 Å². The first-order valence-corrected chi connectivity index (χ1v) is 15.3. The Kier molecular flexibility index (Phi) is 8.19. The molecule has 16 heteroatoms.